The maximum absolute atomic E-state index is 13.4. The first kappa shape index (κ1) is 23.3. The molecule has 33 heavy (non-hydrogen) atoms. The molecule has 0 amide bonds. The van der Waals surface area contributed by atoms with Crippen molar-refractivity contribution in [3.05, 3.63) is 53.9 Å². The van der Waals surface area contributed by atoms with Crippen molar-refractivity contribution in [3.63, 3.8) is 0 Å². The average Bonchev–Trinajstić information content (AvgIpc) is 3.11. The van der Waals surface area contributed by atoms with E-state index in [1.165, 1.54) is 0 Å². The van der Waals surface area contributed by atoms with Crippen molar-refractivity contribution >= 4 is 27.3 Å². The molecule has 1 aliphatic carbocycles. The van der Waals surface area contributed by atoms with Crippen molar-refractivity contribution < 1.29 is 44.8 Å². The number of rotatable bonds is 7. The molecule has 4 rings (SSSR count). The maximum atomic E-state index is 13.4. The Balaban J connectivity index is 1.58. The van der Waals surface area contributed by atoms with Crippen molar-refractivity contribution in [3.8, 4) is 10.7 Å². The summed E-state index contributed by atoms with van der Waals surface area (Å²) in [5.41, 5.74) is -1.15. The van der Waals surface area contributed by atoms with E-state index < -0.39 is 55.5 Å². The SMILES string of the molecule is O=C(O)[C@]1(NS(=O)(=O)c2ccc(-c3noc(C(F)(F)C(F)(F)F)n3)s2)C[C@H]1c1ccccc1. The minimum absolute atomic E-state index is 0.00450. The fraction of sp³-hybridized carbons (Fsp3) is 0.278. The van der Waals surface area contributed by atoms with E-state index in [4.69, 9.17) is 0 Å². The number of hydrogen-bond donors (Lipinski definition) is 2. The van der Waals surface area contributed by atoms with Gasteiger partial charge in [-0.25, -0.2) is 8.42 Å². The minimum atomic E-state index is -5.96. The average molecular weight is 509 g/mol. The van der Waals surface area contributed by atoms with E-state index >= 15 is 0 Å². The van der Waals surface area contributed by atoms with E-state index in [9.17, 15) is 40.3 Å². The van der Waals surface area contributed by atoms with Gasteiger partial charge in [-0.1, -0.05) is 35.5 Å². The van der Waals surface area contributed by atoms with Gasteiger partial charge in [-0.15, -0.1) is 11.3 Å². The lowest BCUT2D eigenvalue weighted by molar-refractivity contribution is -0.298. The van der Waals surface area contributed by atoms with Crippen LogP contribution in [0, 0.1) is 0 Å². The van der Waals surface area contributed by atoms with E-state index in [1.807, 2.05) is 0 Å². The standard InChI is InChI=1S/C18H12F5N3O5S2/c19-17(20,18(21,22)23)14-24-13(25-31-14)11-6-7-12(32-11)33(29,30)26-16(15(27)28)8-10(16)9-4-2-1-3-5-9/h1-7,10,26H,8H2,(H,27,28)/t10-,16-/m0/s1. The number of hydrogen-bond acceptors (Lipinski definition) is 7. The molecular weight excluding hydrogens is 497 g/mol. The molecule has 2 N–H and O–H groups in total. The predicted octanol–water partition coefficient (Wildman–Crippen LogP) is 3.74. The zero-order valence-electron chi connectivity index (χ0n) is 16.0. The fourth-order valence-electron chi connectivity index (χ4n) is 3.19. The summed E-state index contributed by atoms with van der Waals surface area (Å²) in [5.74, 6) is -10.1. The summed E-state index contributed by atoms with van der Waals surface area (Å²) in [6.45, 7) is 0. The Morgan fingerprint density at radius 1 is 1.15 bits per heavy atom. The molecule has 0 unspecified atom stereocenters. The van der Waals surface area contributed by atoms with Gasteiger partial charge in [-0.3, -0.25) is 4.79 Å². The number of carboxylic acids is 1. The van der Waals surface area contributed by atoms with Crippen LogP contribution >= 0.6 is 11.3 Å². The van der Waals surface area contributed by atoms with Crippen LogP contribution in [0.4, 0.5) is 22.0 Å². The Morgan fingerprint density at radius 3 is 2.42 bits per heavy atom. The number of carbonyl (C=O) groups is 1. The van der Waals surface area contributed by atoms with Crippen molar-refractivity contribution in [1.82, 2.24) is 14.9 Å². The van der Waals surface area contributed by atoms with Crippen LogP contribution in [0.2, 0.25) is 0 Å². The number of nitrogens with one attached hydrogen (secondary N) is 1. The molecule has 15 heteroatoms. The number of thiophene rings is 1. The molecule has 176 valence electrons. The highest BCUT2D eigenvalue weighted by Gasteiger charge is 2.64. The van der Waals surface area contributed by atoms with Gasteiger partial charge in [0.1, 0.15) is 9.75 Å². The molecule has 1 aromatic carbocycles. The number of carboxylic acid groups (broad SMARTS) is 1. The lowest BCUT2D eigenvalue weighted by atomic mass is 10.1. The molecule has 3 aromatic rings. The molecule has 1 saturated carbocycles. The molecule has 0 radical (unpaired) electrons. The third-order valence-electron chi connectivity index (χ3n) is 4.98. The zero-order valence-corrected chi connectivity index (χ0v) is 17.6. The molecule has 0 saturated heterocycles. The van der Waals surface area contributed by atoms with Gasteiger partial charge in [-0.2, -0.15) is 31.7 Å². The largest absolute Gasteiger partial charge is 0.480 e. The van der Waals surface area contributed by atoms with Gasteiger partial charge in [0, 0.05) is 5.92 Å². The van der Waals surface area contributed by atoms with Crippen molar-refractivity contribution in [2.45, 2.75) is 34.2 Å². The van der Waals surface area contributed by atoms with Gasteiger partial charge in [0.25, 0.3) is 10.0 Å². The number of alkyl halides is 5. The quantitative estimate of drug-likeness (QED) is 0.465. The highest BCUT2D eigenvalue weighted by atomic mass is 32.2. The monoisotopic (exact) mass is 509 g/mol. The molecule has 0 bridgehead atoms. The second-order valence-corrected chi connectivity index (χ2v) is 10.2. The van der Waals surface area contributed by atoms with Gasteiger partial charge < -0.3 is 9.63 Å². The summed E-state index contributed by atoms with van der Waals surface area (Å²) in [6, 6.07) is 10.5. The highest BCUT2D eigenvalue weighted by Crippen LogP contribution is 2.52. The first-order valence-electron chi connectivity index (χ1n) is 8.99. The van der Waals surface area contributed by atoms with Crippen LogP contribution < -0.4 is 4.72 Å². The third kappa shape index (κ3) is 4.00. The highest BCUT2D eigenvalue weighted by molar-refractivity contribution is 7.91. The summed E-state index contributed by atoms with van der Waals surface area (Å²) in [4.78, 5) is 14.7. The number of aliphatic carboxylic acids is 1. The van der Waals surface area contributed by atoms with Gasteiger partial charge in [-0.05, 0) is 24.1 Å². The topological polar surface area (TPSA) is 122 Å². The Morgan fingerprint density at radius 2 is 1.82 bits per heavy atom. The summed E-state index contributed by atoms with van der Waals surface area (Å²) in [7, 11) is -4.40. The summed E-state index contributed by atoms with van der Waals surface area (Å²) in [5, 5.41) is 12.7. The Labute approximate surface area is 186 Å². The molecule has 2 heterocycles. The van der Waals surface area contributed by atoms with Gasteiger partial charge in [0.15, 0.2) is 0 Å². The number of benzene rings is 1. The summed E-state index contributed by atoms with van der Waals surface area (Å²) in [6.07, 6.45) is -5.96. The predicted molar refractivity (Wildman–Crippen MR) is 102 cm³/mol. The van der Waals surface area contributed by atoms with Crippen molar-refractivity contribution in [2.24, 2.45) is 0 Å². The normalized spacial score (nSPS) is 21.2. The van der Waals surface area contributed by atoms with Gasteiger partial charge in [0.2, 0.25) is 5.82 Å². The van der Waals surface area contributed by atoms with E-state index in [2.05, 4.69) is 19.4 Å². The molecule has 0 spiro atoms. The number of aromatic nitrogens is 2. The van der Waals surface area contributed by atoms with Crippen LogP contribution in [0.25, 0.3) is 10.7 Å². The lowest BCUT2D eigenvalue weighted by Crippen LogP contribution is -2.44. The van der Waals surface area contributed by atoms with Crippen LogP contribution in [0.5, 0.6) is 0 Å². The second kappa shape index (κ2) is 7.56. The smallest absolute Gasteiger partial charge is 0.463 e. The molecule has 8 nitrogen and oxygen atoms in total. The number of halogens is 5. The summed E-state index contributed by atoms with van der Waals surface area (Å²) < 4.78 is 95.5. The lowest BCUT2D eigenvalue weighted by Gasteiger charge is -2.14. The van der Waals surface area contributed by atoms with E-state index in [-0.39, 0.29) is 11.3 Å². The Bertz CT molecular complexity index is 1310. The molecular formula is C18H12F5N3O5S2. The van der Waals surface area contributed by atoms with Crippen LogP contribution in [0.1, 0.15) is 23.8 Å². The molecule has 2 aromatic heterocycles. The Hall–Kier alpha value is -2.91. The van der Waals surface area contributed by atoms with Crippen molar-refractivity contribution in [1.29, 1.82) is 0 Å². The van der Waals surface area contributed by atoms with Crippen LogP contribution in [0.3, 0.4) is 0 Å². The van der Waals surface area contributed by atoms with Gasteiger partial charge in [0.05, 0.1) is 4.88 Å². The first-order chi connectivity index (χ1) is 15.3. The maximum Gasteiger partial charge on any atom is 0.463 e. The summed E-state index contributed by atoms with van der Waals surface area (Å²) >= 11 is 0.447. The van der Waals surface area contributed by atoms with E-state index in [0.29, 0.717) is 16.9 Å². The number of nitrogens with zero attached hydrogens (tertiary/aromatic N) is 2. The van der Waals surface area contributed by atoms with E-state index in [1.54, 1.807) is 30.3 Å². The zero-order chi connectivity index (χ0) is 24.2. The minimum Gasteiger partial charge on any atom is -0.480 e. The molecule has 1 aliphatic rings. The van der Waals surface area contributed by atoms with Crippen molar-refractivity contribution in [2.75, 3.05) is 0 Å². The van der Waals surface area contributed by atoms with Crippen LogP contribution in [-0.2, 0) is 20.7 Å². The van der Waals surface area contributed by atoms with E-state index in [0.717, 1.165) is 12.1 Å². The molecule has 1 fully saturated rings. The fourth-order valence-corrected chi connectivity index (χ4v) is 5.83. The number of sulfonamides is 1. The first-order valence-corrected chi connectivity index (χ1v) is 11.3. The Kier molecular flexibility index (Phi) is 5.33. The second-order valence-electron chi connectivity index (χ2n) is 7.16. The van der Waals surface area contributed by atoms with Crippen LogP contribution in [0.15, 0.2) is 51.2 Å². The van der Waals surface area contributed by atoms with Crippen LogP contribution in [-0.4, -0.2) is 41.3 Å². The molecule has 2 atom stereocenters. The van der Waals surface area contributed by atoms with Gasteiger partial charge >= 0.3 is 24.0 Å². The molecule has 0 aliphatic heterocycles. The third-order valence-corrected chi connectivity index (χ3v) is 8.06.